The van der Waals surface area contributed by atoms with E-state index in [0.29, 0.717) is 11.6 Å². The van der Waals surface area contributed by atoms with Gasteiger partial charge in [-0.15, -0.1) is 0 Å². The van der Waals surface area contributed by atoms with Crippen molar-refractivity contribution in [1.82, 2.24) is 14.8 Å². The third-order valence-electron chi connectivity index (χ3n) is 4.47. The van der Waals surface area contributed by atoms with Gasteiger partial charge in [0.05, 0.1) is 29.4 Å². The minimum absolute atomic E-state index is 0.0653. The number of carbonyl (C=O) groups is 1. The largest absolute Gasteiger partial charge is 0.364 e. The second kappa shape index (κ2) is 5.94. The summed E-state index contributed by atoms with van der Waals surface area (Å²) in [6.07, 6.45) is 5.67. The number of aromatic nitrogens is 1. The Labute approximate surface area is 145 Å². The van der Waals surface area contributed by atoms with Crippen molar-refractivity contribution in [3.05, 3.63) is 47.3 Å². The summed E-state index contributed by atoms with van der Waals surface area (Å²) in [7, 11) is 0. The minimum atomic E-state index is 0.0653. The van der Waals surface area contributed by atoms with Crippen LogP contribution in [0.1, 0.15) is 18.7 Å². The topological polar surface area (TPSA) is 60.8 Å². The number of rotatable bonds is 3. The van der Waals surface area contributed by atoms with Crippen molar-refractivity contribution < 1.29 is 4.79 Å². The maximum Gasteiger partial charge on any atom is 0.219 e. The number of likely N-dealkylation sites (tertiary alicyclic amines) is 1. The molecule has 124 valence electrons. The van der Waals surface area contributed by atoms with Crippen molar-refractivity contribution in [2.75, 3.05) is 25.0 Å². The molecular weight excluding hydrogens is 326 g/mol. The molecule has 1 N–H and O–H groups in total. The quantitative estimate of drug-likeness (QED) is 0.913. The van der Waals surface area contributed by atoms with E-state index in [0.717, 1.165) is 30.4 Å². The van der Waals surface area contributed by atoms with Crippen LogP contribution in [-0.4, -0.2) is 52.2 Å². The van der Waals surface area contributed by atoms with Crippen molar-refractivity contribution in [3.8, 4) is 0 Å². The number of carbonyl (C=O) groups excluding carboxylic acids is 1. The Bertz CT molecular complexity index is 766. The van der Waals surface area contributed by atoms with E-state index in [1.165, 1.54) is 0 Å². The standard InChI is InChI=1S/C17H18ClN5O/c1-11(24)22-9-13(10-22)20-16-4-2-3-14(21-16)15-7-19-17-6-5-12(18)8-23(15)17/h2-6,8,13,15H,7,9-10H2,1H3,(H,20,21). The number of hydrogen-bond donors (Lipinski definition) is 1. The first-order chi connectivity index (χ1) is 11.6. The van der Waals surface area contributed by atoms with E-state index in [4.69, 9.17) is 16.6 Å². The van der Waals surface area contributed by atoms with Crippen LogP contribution >= 0.6 is 11.6 Å². The van der Waals surface area contributed by atoms with Crippen LogP contribution in [0.3, 0.4) is 0 Å². The van der Waals surface area contributed by atoms with Gasteiger partial charge in [-0.25, -0.2) is 4.98 Å². The van der Waals surface area contributed by atoms with Gasteiger partial charge in [0.2, 0.25) is 5.91 Å². The summed E-state index contributed by atoms with van der Waals surface area (Å²) in [4.78, 5) is 24.4. The predicted molar refractivity (Wildman–Crippen MR) is 93.9 cm³/mol. The zero-order valence-corrected chi connectivity index (χ0v) is 14.1. The Kier molecular flexibility index (Phi) is 3.76. The Morgan fingerprint density at radius 3 is 2.96 bits per heavy atom. The summed E-state index contributed by atoms with van der Waals surface area (Å²) in [5.74, 6) is 1.87. The Morgan fingerprint density at radius 1 is 1.33 bits per heavy atom. The van der Waals surface area contributed by atoms with Crippen LogP contribution in [0.25, 0.3) is 0 Å². The molecule has 0 saturated carbocycles. The number of amidine groups is 1. The number of allylic oxidation sites excluding steroid dienone is 2. The monoisotopic (exact) mass is 343 g/mol. The molecule has 3 aliphatic heterocycles. The van der Waals surface area contributed by atoms with Gasteiger partial charge in [0, 0.05) is 26.2 Å². The Hall–Kier alpha value is -2.34. The second-order valence-corrected chi connectivity index (χ2v) is 6.62. The molecule has 6 nitrogen and oxygen atoms in total. The van der Waals surface area contributed by atoms with E-state index in [2.05, 4.69) is 15.2 Å². The number of nitrogens with zero attached hydrogens (tertiary/aromatic N) is 4. The average Bonchev–Trinajstić information content (AvgIpc) is 2.93. The highest BCUT2D eigenvalue weighted by Crippen LogP contribution is 2.30. The molecule has 0 aliphatic carbocycles. The molecule has 0 aromatic carbocycles. The third kappa shape index (κ3) is 2.78. The first kappa shape index (κ1) is 15.2. The summed E-state index contributed by atoms with van der Waals surface area (Å²) in [5, 5.41) is 4.08. The lowest BCUT2D eigenvalue weighted by atomic mass is 10.1. The van der Waals surface area contributed by atoms with E-state index in [1.807, 2.05) is 41.5 Å². The number of nitrogens with one attached hydrogen (secondary N) is 1. The molecule has 1 aromatic rings. The highest BCUT2D eigenvalue weighted by atomic mass is 35.5. The number of aliphatic imine (C=N–C) groups is 1. The lowest BCUT2D eigenvalue weighted by molar-refractivity contribution is -0.132. The van der Waals surface area contributed by atoms with Gasteiger partial charge in [-0.1, -0.05) is 17.7 Å². The van der Waals surface area contributed by atoms with Crippen LogP contribution in [0.2, 0.25) is 0 Å². The smallest absolute Gasteiger partial charge is 0.219 e. The van der Waals surface area contributed by atoms with Crippen molar-refractivity contribution >= 4 is 29.2 Å². The zero-order chi connectivity index (χ0) is 16.7. The molecule has 1 aromatic heterocycles. The molecule has 1 unspecified atom stereocenters. The van der Waals surface area contributed by atoms with Gasteiger partial charge >= 0.3 is 0 Å². The molecular formula is C17H18ClN5O. The fourth-order valence-electron chi connectivity index (χ4n) is 3.12. The fraction of sp³-hybridized carbons (Fsp3) is 0.353. The maximum absolute atomic E-state index is 11.3. The molecule has 0 radical (unpaired) electrons. The zero-order valence-electron chi connectivity index (χ0n) is 13.3. The minimum Gasteiger partial charge on any atom is -0.364 e. The molecule has 1 amide bonds. The third-order valence-corrected chi connectivity index (χ3v) is 4.70. The van der Waals surface area contributed by atoms with Crippen LogP contribution in [0.15, 0.2) is 46.6 Å². The highest BCUT2D eigenvalue weighted by molar-refractivity contribution is 6.32. The molecule has 1 atom stereocenters. The number of halogens is 1. The predicted octanol–water partition coefficient (Wildman–Crippen LogP) is 2.13. The lowest BCUT2D eigenvalue weighted by Crippen LogP contribution is -2.56. The van der Waals surface area contributed by atoms with Crippen molar-refractivity contribution in [2.24, 2.45) is 4.99 Å². The van der Waals surface area contributed by atoms with Crippen LogP contribution < -0.4 is 5.32 Å². The highest BCUT2D eigenvalue weighted by Gasteiger charge is 2.31. The molecule has 1 fully saturated rings. The summed E-state index contributed by atoms with van der Waals surface area (Å²) >= 11 is 6.11. The van der Waals surface area contributed by atoms with Gasteiger partial charge in [0.1, 0.15) is 11.7 Å². The van der Waals surface area contributed by atoms with E-state index in [9.17, 15) is 4.79 Å². The van der Waals surface area contributed by atoms with Gasteiger partial charge < -0.3 is 15.1 Å². The normalized spacial score (nSPS) is 22.7. The molecule has 0 bridgehead atoms. The Morgan fingerprint density at radius 2 is 2.17 bits per heavy atom. The fourth-order valence-corrected chi connectivity index (χ4v) is 3.29. The second-order valence-electron chi connectivity index (χ2n) is 6.18. The van der Waals surface area contributed by atoms with Crippen LogP contribution in [0.4, 0.5) is 5.82 Å². The van der Waals surface area contributed by atoms with E-state index in [1.54, 1.807) is 6.92 Å². The van der Waals surface area contributed by atoms with Crippen LogP contribution in [0.5, 0.6) is 0 Å². The van der Waals surface area contributed by atoms with Crippen molar-refractivity contribution in [2.45, 2.75) is 19.0 Å². The van der Waals surface area contributed by atoms with Crippen LogP contribution in [0, 0.1) is 0 Å². The Balaban J connectivity index is 1.46. The molecule has 4 rings (SSSR count). The SMILES string of the molecule is CC(=O)N1CC(Nc2cccc(C3CN=C4C=CC(Cl)=CN43)n2)C1. The van der Waals surface area contributed by atoms with E-state index < -0.39 is 0 Å². The van der Waals surface area contributed by atoms with Gasteiger partial charge in [-0.3, -0.25) is 9.79 Å². The average molecular weight is 344 g/mol. The summed E-state index contributed by atoms with van der Waals surface area (Å²) < 4.78 is 0. The first-order valence-corrected chi connectivity index (χ1v) is 8.35. The molecule has 24 heavy (non-hydrogen) atoms. The molecule has 7 heteroatoms. The van der Waals surface area contributed by atoms with Gasteiger partial charge in [-0.2, -0.15) is 0 Å². The van der Waals surface area contributed by atoms with Gasteiger partial charge in [0.15, 0.2) is 0 Å². The molecule has 0 spiro atoms. The number of pyridine rings is 1. The summed E-state index contributed by atoms with van der Waals surface area (Å²) in [5.41, 5.74) is 0.956. The maximum atomic E-state index is 11.3. The van der Waals surface area contributed by atoms with Gasteiger partial charge in [-0.05, 0) is 24.3 Å². The molecule has 3 aliphatic rings. The van der Waals surface area contributed by atoms with Crippen molar-refractivity contribution in [3.63, 3.8) is 0 Å². The van der Waals surface area contributed by atoms with Crippen LogP contribution in [-0.2, 0) is 4.79 Å². The lowest BCUT2D eigenvalue weighted by Gasteiger charge is -2.39. The molecule has 1 saturated heterocycles. The van der Waals surface area contributed by atoms with Gasteiger partial charge in [0.25, 0.3) is 0 Å². The number of amides is 1. The van der Waals surface area contributed by atoms with Crippen molar-refractivity contribution in [1.29, 1.82) is 0 Å². The summed E-state index contributed by atoms with van der Waals surface area (Å²) in [6.45, 7) is 3.72. The van der Waals surface area contributed by atoms with E-state index >= 15 is 0 Å². The van der Waals surface area contributed by atoms with E-state index in [-0.39, 0.29) is 18.0 Å². The summed E-state index contributed by atoms with van der Waals surface area (Å²) in [6, 6.07) is 6.29. The number of hydrogen-bond acceptors (Lipinski definition) is 5. The number of fused-ring (bicyclic) bond motifs is 1. The first-order valence-electron chi connectivity index (χ1n) is 7.97. The molecule has 4 heterocycles. The number of anilines is 1.